The maximum absolute atomic E-state index is 13.6. The fourth-order valence-corrected chi connectivity index (χ4v) is 2.64. The average molecular weight is 411 g/mol. The molecule has 0 spiro atoms. The maximum Gasteiger partial charge on any atom is 0.150 e. The van der Waals surface area contributed by atoms with Crippen molar-refractivity contribution in [1.82, 2.24) is 0 Å². The highest BCUT2D eigenvalue weighted by Crippen LogP contribution is 2.28. The molecular formula is C13H8Br2ClF2N. The number of hydrogen-bond donors (Lipinski definition) is 1. The third-order valence-electron chi connectivity index (χ3n) is 2.46. The van der Waals surface area contributed by atoms with Gasteiger partial charge in [0.2, 0.25) is 0 Å². The number of nitrogens with one attached hydrogen (secondary N) is 1. The van der Waals surface area contributed by atoms with Gasteiger partial charge in [-0.05, 0) is 55.6 Å². The van der Waals surface area contributed by atoms with Crippen molar-refractivity contribution in [2.75, 3.05) is 5.32 Å². The highest BCUT2D eigenvalue weighted by Gasteiger charge is 2.09. The summed E-state index contributed by atoms with van der Waals surface area (Å²) in [6, 6.07) is 7.47. The first-order chi connectivity index (χ1) is 8.97. The second-order valence-electron chi connectivity index (χ2n) is 3.85. The molecular weight excluding hydrogens is 403 g/mol. The minimum absolute atomic E-state index is 0.229. The fourth-order valence-electron chi connectivity index (χ4n) is 1.55. The molecule has 0 unspecified atom stereocenters. The van der Waals surface area contributed by atoms with Gasteiger partial charge >= 0.3 is 0 Å². The van der Waals surface area contributed by atoms with E-state index in [1.165, 1.54) is 6.07 Å². The first-order valence-electron chi connectivity index (χ1n) is 5.29. The van der Waals surface area contributed by atoms with Gasteiger partial charge in [0.15, 0.2) is 0 Å². The van der Waals surface area contributed by atoms with Crippen LogP contribution in [0.4, 0.5) is 14.5 Å². The molecule has 2 aromatic rings. The number of halogens is 5. The zero-order valence-electron chi connectivity index (χ0n) is 9.48. The minimum atomic E-state index is -0.639. The van der Waals surface area contributed by atoms with Crippen LogP contribution in [0, 0.1) is 11.6 Å². The van der Waals surface area contributed by atoms with Crippen LogP contribution in [0.5, 0.6) is 0 Å². The topological polar surface area (TPSA) is 12.0 Å². The van der Waals surface area contributed by atoms with E-state index >= 15 is 0 Å². The van der Waals surface area contributed by atoms with Gasteiger partial charge in [-0.1, -0.05) is 17.7 Å². The molecule has 0 saturated heterocycles. The van der Waals surface area contributed by atoms with E-state index in [9.17, 15) is 8.78 Å². The molecule has 0 aliphatic heterocycles. The Morgan fingerprint density at radius 3 is 2.42 bits per heavy atom. The van der Waals surface area contributed by atoms with Crippen molar-refractivity contribution in [3.63, 3.8) is 0 Å². The highest BCUT2D eigenvalue weighted by molar-refractivity contribution is 9.11. The Hall–Kier alpha value is -0.650. The largest absolute Gasteiger partial charge is 0.378 e. The predicted octanol–water partition coefficient (Wildman–Crippen LogP) is 5.76. The van der Waals surface area contributed by atoms with Gasteiger partial charge in [-0.3, -0.25) is 0 Å². The molecule has 19 heavy (non-hydrogen) atoms. The van der Waals surface area contributed by atoms with E-state index < -0.39 is 11.6 Å². The molecule has 100 valence electrons. The fraction of sp³-hybridized carbons (Fsp3) is 0.0769. The summed E-state index contributed by atoms with van der Waals surface area (Å²) in [4.78, 5) is 0. The smallest absolute Gasteiger partial charge is 0.150 e. The summed E-state index contributed by atoms with van der Waals surface area (Å²) in [6.45, 7) is 0.400. The van der Waals surface area contributed by atoms with Crippen LogP contribution in [-0.4, -0.2) is 0 Å². The van der Waals surface area contributed by atoms with E-state index in [0.29, 0.717) is 16.0 Å². The van der Waals surface area contributed by atoms with Crippen LogP contribution in [0.1, 0.15) is 5.56 Å². The molecule has 0 saturated carbocycles. The minimum Gasteiger partial charge on any atom is -0.378 e. The molecule has 0 radical (unpaired) electrons. The Balaban J connectivity index is 2.16. The highest BCUT2D eigenvalue weighted by atomic mass is 79.9. The number of rotatable bonds is 3. The summed E-state index contributed by atoms with van der Waals surface area (Å²) >= 11 is 12.3. The standard InChI is InChI=1S/C13H8Br2ClF2N/c14-9-3-7(1-2-11(9)16)6-19-13-10(15)4-8(17)5-12(13)18/h1-5,19H,6H2. The van der Waals surface area contributed by atoms with Crippen molar-refractivity contribution in [1.29, 1.82) is 0 Å². The summed E-state index contributed by atoms with van der Waals surface area (Å²) in [6.07, 6.45) is 0. The van der Waals surface area contributed by atoms with Crippen LogP contribution in [0.2, 0.25) is 5.02 Å². The van der Waals surface area contributed by atoms with Crippen molar-refractivity contribution in [2.24, 2.45) is 0 Å². The van der Waals surface area contributed by atoms with Gasteiger partial charge in [-0.25, -0.2) is 8.78 Å². The number of anilines is 1. The van der Waals surface area contributed by atoms with Gasteiger partial charge in [0.05, 0.1) is 10.7 Å². The van der Waals surface area contributed by atoms with Crippen molar-refractivity contribution in [3.8, 4) is 0 Å². The Labute approximate surface area is 131 Å². The quantitative estimate of drug-likeness (QED) is 0.678. The monoisotopic (exact) mass is 409 g/mol. The Morgan fingerprint density at radius 2 is 1.79 bits per heavy atom. The molecule has 6 heteroatoms. The number of benzene rings is 2. The molecule has 0 aliphatic carbocycles. The van der Waals surface area contributed by atoms with Gasteiger partial charge in [-0.15, -0.1) is 0 Å². The molecule has 1 N–H and O–H groups in total. The van der Waals surface area contributed by atoms with E-state index in [-0.39, 0.29) is 5.69 Å². The molecule has 0 aliphatic rings. The summed E-state index contributed by atoms with van der Waals surface area (Å²) in [5, 5.41) is 3.53. The molecule has 0 bridgehead atoms. The van der Waals surface area contributed by atoms with E-state index in [2.05, 4.69) is 37.2 Å². The third kappa shape index (κ3) is 3.68. The summed E-state index contributed by atoms with van der Waals surface area (Å²) in [5.74, 6) is -1.26. The van der Waals surface area contributed by atoms with Crippen molar-refractivity contribution in [3.05, 3.63) is 61.5 Å². The van der Waals surface area contributed by atoms with Crippen molar-refractivity contribution in [2.45, 2.75) is 6.54 Å². The zero-order valence-corrected chi connectivity index (χ0v) is 13.4. The Morgan fingerprint density at radius 1 is 1.05 bits per heavy atom. The molecule has 0 aromatic heterocycles. The lowest BCUT2D eigenvalue weighted by Gasteiger charge is -2.10. The molecule has 0 heterocycles. The Kier molecular flexibility index (Phi) is 4.81. The van der Waals surface area contributed by atoms with E-state index in [1.807, 2.05) is 12.1 Å². The first-order valence-corrected chi connectivity index (χ1v) is 7.26. The normalized spacial score (nSPS) is 10.6. The van der Waals surface area contributed by atoms with Crippen LogP contribution in [-0.2, 0) is 6.54 Å². The first kappa shape index (κ1) is 14.8. The van der Waals surface area contributed by atoms with Gasteiger partial charge in [0.1, 0.15) is 11.6 Å². The van der Waals surface area contributed by atoms with E-state index in [1.54, 1.807) is 6.07 Å². The SMILES string of the molecule is Fc1cc(F)c(NCc2ccc(Cl)c(Br)c2)c(Br)c1. The van der Waals surface area contributed by atoms with Crippen molar-refractivity contribution >= 4 is 49.1 Å². The summed E-state index contributed by atoms with van der Waals surface area (Å²) < 4.78 is 27.7. The lowest BCUT2D eigenvalue weighted by molar-refractivity contribution is 0.583. The molecule has 1 nitrogen and oxygen atoms in total. The van der Waals surface area contributed by atoms with E-state index in [0.717, 1.165) is 16.1 Å². The van der Waals surface area contributed by atoms with Gasteiger partial charge in [0.25, 0.3) is 0 Å². The molecule has 0 atom stereocenters. The molecule has 2 rings (SSSR count). The summed E-state index contributed by atoms with van der Waals surface area (Å²) in [7, 11) is 0. The Bertz CT molecular complexity index is 597. The van der Waals surface area contributed by atoms with Gasteiger partial charge < -0.3 is 5.32 Å². The summed E-state index contributed by atoms with van der Waals surface area (Å²) in [5.41, 5.74) is 1.15. The average Bonchev–Trinajstić information content (AvgIpc) is 2.32. The zero-order chi connectivity index (χ0) is 14.0. The molecule has 2 aromatic carbocycles. The van der Waals surface area contributed by atoms with Crippen LogP contribution in [0.25, 0.3) is 0 Å². The molecule has 0 amide bonds. The van der Waals surface area contributed by atoms with Crippen LogP contribution < -0.4 is 5.32 Å². The second-order valence-corrected chi connectivity index (χ2v) is 5.96. The van der Waals surface area contributed by atoms with Crippen LogP contribution in [0.15, 0.2) is 39.3 Å². The molecule has 0 fully saturated rings. The van der Waals surface area contributed by atoms with Gasteiger partial charge in [0, 0.05) is 21.6 Å². The van der Waals surface area contributed by atoms with Crippen LogP contribution in [0.3, 0.4) is 0 Å². The number of hydrogen-bond acceptors (Lipinski definition) is 1. The third-order valence-corrected chi connectivity index (χ3v) is 4.30. The second kappa shape index (κ2) is 6.20. The van der Waals surface area contributed by atoms with E-state index in [4.69, 9.17) is 11.6 Å². The predicted molar refractivity (Wildman–Crippen MR) is 80.5 cm³/mol. The maximum atomic E-state index is 13.6. The van der Waals surface area contributed by atoms with Crippen molar-refractivity contribution < 1.29 is 8.78 Å². The van der Waals surface area contributed by atoms with Gasteiger partial charge in [-0.2, -0.15) is 0 Å². The lowest BCUT2D eigenvalue weighted by atomic mass is 10.2. The lowest BCUT2D eigenvalue weighted by Crippen LogP contribution is -2.03. The van der Waals surface area contributed by atoms with Crippen LogP contribution >= 0.6 is 43.5 Å².